The van der Waals surface area contributed by atoms with Crippen molar-refractivity contribution in [2.24, 2.45) is 17.6 Å². The minimum Gasteiger partial charge on any atom is -0.339 e. The Labute approximate surface area is 126 Å². The maximum absolute atomic E-state index is 12.7. The summed E-state index contributed by atoms with van der Waals surface area (Å²) in [5.41, 5.74) is 6.77. The lowest BCUT2D eigenvalue weighted by Gasteiger charge is -2.30. The number of rotatable bonds is 4. The first-order valence-corrected chi connectivity index (χ1v) is 7.65. The van der Waals surface area contributed by atoms with Gasteiger partial charge in [0.05, 0.1) is 6.04 Å². The summed E-state index contributed by atoms with van der Waals surface area (Å²) in [6.45, 7) is 2.62. The number of benzene rings is 1. The van der Waals surface area contributed by atoms with Gasteiger partial charge in [-0.15, -0.1) is 0 Å². The van der Waals surface area contributed by atoms with Gasteiger partial charge in [-0.25, -0.2) is 0 Å². The van der Waals surface area contributed by atoms with Crippen molar-refractivity contribution in [2.45, 2.75) is 32.2 Å². The summed E-state index contributed by atoms with van der Waals surface area (Å²) in [5, 5.41) is 0.710. The minimum absolute atomic E-state index is 0.0183. The van der Waals surface area contributed by atoms with E-state index in [2.05, 4.69) is 0 Å². The van der Waals surface area contributed by atoms with Gasteiger partial charge in [0.1, 0.15) is 0 Å². The van der Waals surface area contributed by atoms with E-state index in [4.69, 9.17) is 17.3 Å². The molecule has 0 aliphatic heterocycles. The van der Waals surface area contributed by atoms with Gasteiger partial charge in [-0.05, 0) is 43.9 Å². The Kier molecular flexibility index (Phi) is 5.06. The summed E-state index contributed by atoms with van der Waals surface area (Å²) < 4.78 is 0. The van der Waals surface area contributed by atoms with Crippen molar-refractivity contribution in [2.75, 3.05) is 13.6 Å². The van der Waals surface area contributed by atoms with Crippen LogP contribution in [-0.4, -0.2) is 24.4 Å². The molecule has 1 aliphatic carbocycles. The summed E-state index contributed by atoms with van der Waals surface area (Å²) in [6.07, 6.45) is 3.13. The van der Waals surface area contributed by atoms with Crippen molar-refractivity contribution < 1.29 is 4.79 Å². The third-order valence-corrected chi connectivity index (χ3v) is 4.91. The summed E-state index contributed by atoms with van der Waals surface area (Å²) >= 11 is 6.23. The van der Waals surface area contributed by atoms with Crippen molar-refractivity contribution in [1.82, 2.24) is 4.90 Å². The van der Waals surface area contributed by atoms with Crippen LogP contribution in [0.4, 0.5) is 0 Å². The average Bonchev–Trinajstić information content (AvgIpc) is 2.94. The standard InChI is InChI=1S/C16H23ClN2O/c1-11(13-7-3-4-9-15(13)17)19(2)16(20)14-8-5-6-12(14)10-18/h3-4,7,9,11-12,14H,5-6,8,10,18H2,1-2H3. The molecule has 1 aliphatic rings. The maximum Gasteiger partial charge on any atom is 0.226 e. The van der Waals surface area contributed by atoms with Crippen LogP contribution in [0.5, 0.6) is 0 Å². The number of nitrogens with two attached hydrogens (primary N) is 1. The molecule has 2 N–H and O–H groups in total. The second kappa shape index (κ2) is 6.59. The van der Waals surface area contributed by atoms with Gasteiger partial charge >= 0.3 is 0 Å². The highest BCUT2D eigenvalue weighted by Gasteiger charge is 2.35. The van der Waals surface area contributed by atoms with Crippen LogP contribution in [0.2, 0.25) is 5.02 Å². The predicted molar refractivity (Wildman–Crippen MR) is 82.5 cm³/mol. The average molecular weight is 295 g/mol. The van der Waals surface area contributed by atoms with Crippen molar-refractivity contribution in [3.63, 3.8) is 0 Å². The fraction of sp³-hybridized carbons (Fsp3) is 0.562. The zero-order valence-electron chi connectivity index (χ0n) is 12.2. The molecule has 1 aromatic carbocycles. The van der Waals surface area contributed by atoms with Gasteiger partial charge in [0.15, 0.2) is 0 Å². The maximum atomic E-state index is 12.7. The number of halogens is 1. The molecule has 2 rings (SSSR count). The molecule has 0 bridgehead atoms. The Balaban J connectivity index is 2.12. The molecule has 3 atom stereocenters. The molecule has 1 saturated carbocycles. The Bertz CT molecular complexity index is 477. The molecule has 0 aromatic heterocycles. The lowest BCUT2D eigenvalue weighted by Crippen LogP contribution is -2.38. The van der Waals surface area contributed by atoms with Gasteiger partial charge in [-0.3, -0.25) is 4.79 Å². The molecule has 3 nitrogen and oxygen atoms in total. The van der Waals surface area contributed by atoms with Crippen molar-refractivity contribution in [1.29, 1.82) is 0 Å². The molecule has 4 heteroatoms. The van der Waals surface area contributed by atoms with Crippen LogP contribution < -0.4 is 5.73 Å². The topological polar surface area (TPSA) is 46.3 Å². The quantitative estimate of drug-likeness (QED) is 0.926. The molecule has 110 valence electrons. The van der Waals surface area contributed by atoms with Crippen LogP contribution in [0.25, 0.3) is 0 Å². The monoisotopic (exact) mass is 294 g/mol. The zero-order valence-corrected chi connectivity index (χ0v) is 12.9. The summed E-state index contributed by atoms with van der Waals surface area (Å²) in [4.78, 5) is 14.5. The summed E-state index contributed by atoms with van der Waals surface area (Å²) in [6, 6.07) is 7.68. The van der Waals surface area contributed by atoms with E-state index >= 15 is 0 Å². The minimum atomic E-state index is -0.0183. The smallest absolute Gasteiger partial charge is 0.226 e. The molecule has 1 fully saturated rings. The fourth-order valence-corrected chi connectivity index (χ4v) is 3.41. The Morgan fingerprint density at radius 1 is 1.45 bits per heavy atom. The Morgan fingerprint density at radius 2 is 2.15 bits per heavy atom. The van der Waals surface area contributed by atoms with Crippen LogP contribution in [0.15, 0.2) is 24.3 Å². The molecule has 0 radical (unpaired) electrons. The second-order valence-electron chi connectivity index (χ2n) is 5.68. The highest BCUT2D eigenvalue weighted by molar-refractivity contribution is 6.31. The van der Waals surface area contributed by atoms with Gasteiger partial charge in [0, 0.05) is 18.0 Å². The lowest BCUT2D eigenvalue weighted by atomic mass is 9.94. The number of amides is 1. The first-order valence-electron chi connectivity index (χ1n) is 7.27. The van der Waals surface area contributed by atoms with Crippen LogP contribution >= 0.6 is 11.6 Å². The molecule has 1 amide bonds. The molecule has 0 spiro atoms. The van der Waals surface area contributed by atoms with Gasteiger partial charge in [0.25, 0.3) is 0 Å². The normalized spacial score (nSPS) is 23.6. The number of carbonyl (C=O) groups excluding carboxylic acids is 1. The van der Waals surface area contributed by atoms with Crippen LogP contribution in [0, 0.1) is 11.8 Å². The number of nitrogens with zero attached hydrogens (tertiary/aromatic N) is 1. The molecule has 0 heterocycles. The highest BCUT2D eigenvalue weighted by atomic mass is 35.5. The predicted octanol–water partition coefficient (Wildman–Crippen LogP) is 3.23. The van der Waals surface area contributed by atoms with Crippen LogP contribution in [0.3, 0.4) is 0 Å². The lowest BCUT2D eigenvalue weighted by molar-refractivity contribution is -0.137. The number of carbonyl (C=O) groups is 1. The van der Waals surface area contributed by atoms with Crippen LogP contribution in [-0.2, 0) is 4.79 Å². The highest BCUT2D eigenvalue weighted by Crippen LogP contribution is 2.34. The largest absolute Gasteiger partial charge is 0.339 e. The van der Waals surface area contributed by atoms with E-state index in [1.807, 2.05) is 43.1 Å². The van der Waals surface area contributed by atoms with E-state index in [0.717, 1.165) is 24.8 Å². The zero-order chi connectivity index (χ0) is 14.7. The van der Waals surface area contributed by atoms with E-state index in [1.54, 1.807) is 0 Å². The second-order valence-corrected chi connectivity index (χ2v) is 6.09. The molecular weight excluding hydrogens is 272 g/mol. The van der Waals surface area contributed by atoms with E-state index in [9.17, 15) is 4.79 Å². The van der Waals surface area contributed by atoms with Gasteiger partial charge < -0.3 is 10.6 Å². The molecule has 3 unspecified atom stereocenters. The Morgan fingerprint density at radius 3 is 2.80 bits per heavy atom. The van der Waals surface area contributed by atoms with Crippen molar-refractivity contribution in [3.8, 4) is 0 Å². The van der Waals surface area contributed by atoms with Gasteiger partial charge in [0.2, 0.25) is 5.91 Å². The van der Waals surface area contributed by atoms with E-state index < -0.39 is 0 Å². The number of hydrogen-bond acceptors (Lipinski definition) is 2. The van der Waals surface area contributed by atoms with Crippen molar-refractivity contribution >= 4 is 17.5 Å². The number of hydrogen-bond donors (Lipinski definition) is 1. The fourth-order valence-electron chi connectivity index (χ4n) is 3.12. The van der Waals surface area contributed by atoms with Crippen LogP contribution in [0.1, 0.15) is 37.8 Å². The molecule has 20 heavy (non-hydrogen) atoms. The van der Waals surface area contributed by atoms with Gasteiger partial charge in [-0.2, -0.15) is 0 Å². The third-order valence-electron chi connectivity index (χ3n) is 4.56. The third kappa shape index (κ3) is 2.99. The summed E-state index contributed by atoms with van der Waals surface area (Å²) in [7, 11) is 1.86. The van der Waals surface area contributed by atoms with E-state index in [-0.39, 0.29) is 17.9 Å². The van der Waals surface area contributed by atoms with Crippen molar-refractivity contribution in [3.05, 3.63) is 34.9 Å². The van der Waals surface area contributed by atoms with E-state index in [1.165, 1.54) is 0 Å². The summed E-state index contributed by atoms with van der Waals surface area (Å²) in [5.74, 6) is 0.615. The molecule has 0 saturated heterocycles. The SMILES string of the molecule is CC(c1ccccc1Cl)N(C)C(=O)C1CCCC1CN. The van der Waals surface area contributed by atoms with E-state index in [0.29, 0.717) is 17.5 Å². The van der Waals surface area contributed by atoms with Gasteiger partial charge in [-0.1, -0.05) is 36.2 Å². The first-order chi connectivity index (χ1) is 9.56. The first kappa shape index (κ1) is 15.3. The molecular formula is C16H23ClN2O. The molecule has 1 aromatic rings. The Hall–Kier alpha value is -1.06.